The number of ketones is 1. The number of ether oxygens (including phenoxy) is 1. The fraction of sp³-hybridized carbons (Fsp3) is 0.533. The van der Waals surface area contributed by atoms with Crippen molar-refractivity contribution in [2.24, 2.45) is 0 Å². The Bertz CT molecular complexity index is 393. The van der Waals surface area contributed by atoms with Gasteiger partial charge in [-0.2, -0.15) is 0 Å². The van der Waals surface area contributed by atoms with E-state index in [1.807, 2.05) is 17.0 Å². The number of benzene rings is 1. The predicted octanol–water partition coefficient (Wildman–Crippen LogP) is 1.97. The average molecular weight is 265 g/mol. The standard InChI is InChI=1S/C15H23NO3/c1-3-4-8-16(9-10-17)12-15(18)13-6-5-7-14(11-13)19-2/h5-7,11,17H,3-4,8-10,12H2,1-2H3. The van der Waals surface area contributed by atoms with Gasteiger partial charge in [0.25, 0.3) is 0 Å². The molecule has 4 nitrogen and oxygen atoms in total. The minimum atomic E-state index is 0.0588. The number of rotatable bonds is 9. The minimum absolute atomic E-state index is 0.0588. The second kappa shape index (κ2) is 8.67. The zero-order chi connectivity index (χ0) is 14.1. The number of nitrogens with zero attached hydrogens (tertiary/aromatic N) is 1. The summed E-state index contributed by atoms with van der Waals surface area (Å²) in [5, 5.41) is 9.03. The van der Waals surface area contributed by atoms with Crippen LogP contribution in [0.25, 0.3) is 0 Å². The molecule has 4 heteroatoms. The Balaban J connectivity index is 2.64. The SMILES string of the molecule is CCCCN(CCO)CC(=O)c1cccc(OC)c1. The van der Waals surface area contributed by atoms with Crippen LogP contribution >= 0.6 is 0 Å². The van der Waals surface area contributed by atoms with Gasteiger partial charge in [0, 0.05) is 12.1 Å². The first-order valence-corrected chi connectivity index (χ1v) is 6.71. The van der Waals surface area contributed by atoms with E-state index in [1.54, 1.807) is 19.2 Å². The third-order valence-corrected chi connectivity index (χ3v) is 3.00. The monoisotopic (exact) mass is 265 g/mol. The lowest BCUT2D eigenvalue weighted by molar-refractivity contribution is 0.0913. The van der Waals surface area contributed by atoms with Crippen molar-refractivity contribution in [3.8, 4) is 5.75 Å². The van der Waals surface area contributed by atoms with Gasteiger partial charge < -0.3 is 9.84 Å². The van der Waals surface area contributed by atoms with Gasteiger partial charge in [0.2, 0.25) is 0 Å². The van der Waals surface area contributed by atoms with Crippen molar-refractivity contribution in [2.75, 3.05) is 33.4 Å². The number of hydrogen-bond donors (Lipinski definition) is 1. The molecular formula is C15H23NO3. The summed E-state index contributed by atoms with van der Waals surface area (Å²) in [4.78, 5) is 14.2. The number of hydrogen-bond acceptors (Lipinski definition) is 4. The maximum atomic E-state index is 12.2. The minimum Gasteiger partial charge on any atom is -0.497 e. The molecule has 0 radical (unpaired) electrons. The highest BCUT2D eigenvalue weighted by molar-refractivity contribution is 5.97. The molecule has 1 aromatic rings. The molecule has 1 N–H and O–H groups in total. The van der Waals surface area contributed by atoms with Crippen molar-refractivity contribution >= 4 is 5.78 Å². The lowest BCUT2D eigenvalue weighted by Gasteiger charge is -2.20. The zero-order valence-corrected chi connectivity index (χ0v) is 11.8. The van der Waals surface area contributed by atoms with Crippen LogP contribution in [0.3, 0.4) is 0 Å². The number of unbranched alkanes of at least 4 members (excludes halogenated alkanes) is 1. The normalized spacial score (nSPS) is 10.7. The number of carbonyl (C=O) groups excluding carboxylic acids is 1. The van der Waals surface area contributed by atoms with Gasteiger partial charge in [0.05, 0.1) is 20.3 Å². The maximum Gasteiger partial charge on any atom is 0.176 e. The Labute approximate surface area is 115 Å². The molecule has 0 amide bonds. The van der Waals surface area contributed by atoms with Gasteiger partial charge >= 0.3 is 0 Å². The van der Waals surface area contributed by atoms with E-state index in [4.69, 9.17) is 9.84 Å². The van der Waals surface area contributed by atoms with E-state index in [2.05, 4.69) is 6.92 Å². The first kappa shape index (κ1) is 15.7. The summed E-state index contributed by atoms with van der Waals surface area (Å²) in [6, 6.07) is 7.18. The first-order chi connectivity index (χ1) is 9.21. The smallest absolute Gasteiger partial charge is 0.176 e. The fourth-order valence-corrected chi connectivity index (χ4v) is 1.88. The van der Waals surface area contributed by atoms with Crippen LogP contribution < -0.4 is 4.74 Å². The Kier molecular flexibility index (Phi) is 7.15. The summed E-state index contributed by atoms with van der Waals surface area (Å²) >= 11 is 0. The maximum absolute atomic E-state index is 12.2. The van der Waals surface area contributed by atoms with E-state index >= 15 is 0 Å². The van der Waals surface area contributed by atoms with Crippen LogP contribution in [0.5, 0.6) is 5.75 Å². The molecule has 0 spiro atoms. The molecule has 0 saturated carbocycles. The molecule has 0 saturated heterocycles. The number of aliphatic hydroxyl groups is 1. The molecule has 0 aliphatic heterocycles. The van der Waals surface area contributed by atoms with Gasteiger partial charge in [-0.25, -0.2) is 0 Å². The Hall–Kier alpha value is -1.39. The van der Waals surface area contributed by atoms with Crippen molar-refractivity contribution in [2.45, 2.75) is 19.8 Å². The zero-order valence-electron chi connectivity index (χ0n) is 11.8. The van der Waals surface area contributed by atoms with Crippen LogP contribution in [0, 0.1) is 0 Å². The van der Waals surface area contributed by atoms with Crippen LogP contribution in [0.2, 0.25) is 0 Å². The number of aliphatic hydroxyl groups excluding tert-OH is 1. The van der Waals surface area contributed by atoms with Gasteiger partial charge in [0.15, 0.2) is 5.78 Å². The van der Waals surface area contributed by atoms with E-state index in [-0.39, 0.29) is 12.4 Å². The molecule has 1 aromatic carbocycles. The van der Waals surface area contributed by atoms with Crippen molar-refractivity contribution in [3.05, 3.63) is 29.8 Å². The lowest BCUT2D eigenvalue weighted by atomic mass is 10.1. The highest BCUT2D eigenvalue weighted by Gasteiger charge is 2.12. The van der Waals surface area contributed by atoms with Gasteiger partial charge in [-0.3, -0.25) is 9.69 Å². The molecule has 106 valence electrons. The van der Waals surface area contributed by atoms with E-state index in [0.29, 0.717) is 24.4 Å². The molecule has 0 unspecified atom stereocenters. The molecule has 0 heterocycles. The largest absolute Gasteiger partial charge is 0.497 e. The summed E-state index contributed by atoms with van der Waals surface area (Å²) in [6.07, 6.45) is 2.11. The van der Waals surface area contributed by atoms with Crippen molar-refractivity contribution < 1.29 is 14.6 Å². The van der Waals surface area contributed by atoms with Crippen molar-refractivity contribution in [3.63, 3.8) is 0 Å². The van der Waals surface area contributed by atoms with Gasteiger partial charge in [-0.15, -0.1) is 0 Å². The van der Waals surface area contributed by atoms with Crippen molar-refractivity contribution in [1.29, 1.82) is 0 Å². The average Bonchev–Trinajstić information content (AvgIpc) is 2.45. The quantitative estimate of drug-likeness (QED) is 0.694. The molecule has 0 aliphatic rings. The predicted molar refractivity (Wildman–Crippen MR) is 75.8 cm³/mol. The summed E-state index contributed by atoms with van der Waals surface area (Å²) < 4.78 is 5.12. The highest BCUT2D eigenvalue weighted by Crippen LogP contribution is 2.13. The molecule has 1 rings (SSSR count). The van der Waals surface area contributed by atoms with E-state index in [1.165, 1.54) is 0 Å². The third-order valence-electron chi connectivity index (χ3n) is 3.00. The summed E-state index contributed by atoms with van der Waals surface area (Å²) in [7, 11) is 1.59. The van der Waals surface area contributed by atoms with Crippen LogP contribution in [0.4, 0.5) is 0 Å². The van der Waals surface area contributed by atoms with E-state index in [9.17, 15) is 4.79 Å². The molecule has 0 aliphatic carbocycles. The summed E-state index contributed by atoms with van der Waals surface area (Å²) in [5.41, 5.74) is 0.652. The van der Waals surface area contributed by atoms with Crippen LogP contribution in [0.1, 0.15) is 30.1 Å². The summed E-state index contributed by atoms with van der Waals surface area (Å²) in [6.45, 7) is 3.91. The topological polar surface area (TPSA) is 49.8 Å². The number of methoxy groups -OCH3 is 1. The van der Waals surface area contributed by atoms with E-state index in [0.717, 1.165) is 19.4 Å². The first-order valence-electron chi connectivity index (χ1n) is 6.71. The third kappa shape index (κ3) is 5.41. The fourth-order valence-electron chi connectivity index (χ4n) is 1.88. The molecule has 0 aromatic heterocycles. The van der Waals surface area contributed by atoms with Crippen molar-refractivity contribution in [1.82, 2.24) is 4.90 Å². The highest BCUT2D eigenvalue weighted by atomic mass is 16.5. The molecular weight excluding hydrogens is 242 g/mol. The molecule has 0 atom stereocenters. The Morgan fingerprint density at radius 1 is 1.37 bits per heavy atom. The molecule has 0 bridgehead atoms. The Morgan fingerprint density at radius 3 is 2.79 bits per heavy atom. The van der Waals surface area contributed by atoms with E-state index < -0.39 is 0 Å². The van der Waals surface area contributed by atoms with Crippen LogP contribution in [0.15, 0.2) is 24.3 Å². The van der Waals surface area contributed by atoms with Crippen LogP contribution in [-0.4, -0.2) is 49.1 Å². The molecule has 19 heavy (non-hydrogen) atoms. The van der Waals surface area contributed by atoms with Crippen LogP contribution in [-0.2, 0) is 0 Å². The number of Topliss-reactive ketones (excluding diaryl/α,β-unsaturated/α-hetero) is 1. The summed E-state index contributed by atoms with van der Waals surface area (Å²) in [5.74, 6) is 0.747. The number of carbonyl (C=O) groups is 1. The Morgan fingerprint density at radius 2 is 2.16 bits per heavy atom. The van der Waals surface area contributed by atoms with Gasteiger partial charge in [-0.05, 0) is 25.1 Å². The lowest BCUT2D eigenvalue weighted by Crippen LogP contribution is -2.33. The van der Waals surface area contributed by atoms with Gasteiger partial charge in [0.1, 0.15) is 5.75 Å². The molecule has 0 fully saturated rings. The second-order valence-corrected chi connectivity index (χ2v) is 4.51. The second-order valence-electron chi connectivity index (χ2n) is 4.51. The van der Waals surface area contributed by atoms with Gasteiger partial charge in [-0.1, -0.05) is 25.5 Å².